The maximum absolute atomic E-state index is 11.2. The van der Waals surface area contributed by atoms with Crippen LogP contribution in [0.2, 0.25) is 10.0 Å². The maximum Gasteiger partial charge on any atom is 0.150 e. The third kappa shape index (κ3) is 2.65. The summed E-state index contributed by atoms with van der Waals surface area (Å²) in [5.41, 5.74) is 8.50. The molecule has 0 spiro atoms. The van der Waals surface area contributed by atoms with Gasteiger partial charge in [-0.25, -0.2) is 0 Å². The van der Waals surface area contributed by atoms with Crippen LogP contribution in [0.1, 0.15) is 15.9 Å². The van der Waals surface area contributed by atoms with Crippen LogP contribution in [0.25, 0.3) is 11.1 Å². The molecule has 0 radical (unpaired) electrons. The molecule has 0 unspecified atom stereocenters. The number of aldehydes is 1. The standard InChI is InChI=1S/C14H11Cl2NOS/c15-11-5-4-9(10(6-17)14(11)16)13-8(7-18)2-1-3-12(13)19/h1-5,7,19H,6,17H2. The molecule has 2 rings (SSSR count). The van der Waals surface area contributed by atoms with Gasteiger partial charge < -0.3 is 5.73 Å². The van der Waals surface area contributed by atoms with Crippen molar-refractivity contribution in [2.75, 3.05) is 0 Å². The topological polar surface area (TPSA) is 43.1 Å². The Morgan fingerprint density at radius 3 is 2.58 bits per heavy atom. The van der Waals surface area contributed by atoms with Crippen molar-refractivity contribution in [2.45, 2.75) is 11.4 Å². The van der Waals surface area contributed by atoms with E-state index >= 15 is 0 Å². The number of nitrogens with two attached hydrogens (primary N) is 1. The molecule has 0 aliphatic carbocycles. The van der Waals surface area contributed by atoms with Crippen molar-refractivity contribution >= 4 is 42.1 Å². The Kier molecular flexibility index (Phi) is 4.53. The molecular weight excluding hydrogens is 301 g/mol. The van der Waals surface area contributed by atoms with E-state index in [0.717, 1.165) is 17.4 Å². The Bertz CT molecular complexity index is 644. The van der Waals surface area contributed by atoms with Gasteiger partial charge in [0, 0.05) is 22.6 Å². The van der Waals surface area contributed by atoms with E-state index in [9.17, 15) is 4.79 Å². The van der Waals surface area contributed by atoms with Crippen molar-refractivity contribution in [3.63, 3.8) is 0 Å². The summed E-state index contributed by atoms with van der Waals surface area (Å²) < 4.78 is 0. The van der Waals surface area contributed by atoms with Crippen LogP contribution in [0.15, 0.2) is 35.2 Å². The SMILES string of the molecule is NCc1c(-c2c(S)cccc2C=O)ccc(Cl)c1Cl. The maximum atomic E-state index is 11.2. The fourth-order valence-corrected chi connectivity index (χ4v) is 2.73. The number of halogens is 2. The highest BCUT2D eigenvalue weighted by Crippen LogP contribution is 2.37. The van der Waals surface area contributed by atoms with Gasteiger partial charge in [0.2, 0.25) is 0 Å². The van der Waals surface area contributed by atoms with E-state index in [1.165, 1.54) is 0 Å². The minimum Gasteiger partial charge on any atom is -0.326 e. The molecule has 2 N–H and O–H groups in total. The third-order valence-corrected chi connectivity index (χ3v) is 4.09. The first-order valence-electron chi connectivity index (χ1n) is 5.54. The average Bonchev–Trinajstić information content (AvgIpc) is 2.41. The van der Waals surface area contributed by atoms with Crippen molar-refractivity contribution in [3.05, 3.63) is 51.5 Å². The first-order valence-corrected chi connectivity index (χ1v) is 6.75. The second-order valence-corrected chi connectivity index (χ2v) is 5.22. The van der Waals surface area contributed by atoms with Crippen molar-refractivity contribution in [1.29, 1.82) is 0 Å². The van der Waals surface area contributed by atoms with Gasteiger partial charge in [-0.15, -0.1) is 12.6 Å². The molecule has 0 aliphatic heterocycles. The van der Waals surface area contributed by atoms with Crippen molar-refractivity contribution in [2.24, 2.45) is 5.73 Å². The molecule has 0 aromatic heterocycles. The minimum atomic E-state index is 0.231. The van der Waals surface area contributed by atoms with Crippen LogP contribution in [0.3, 0.4) is 0 Å². The number of hydrogen-bond donors (Lipinski definition) is 2. The summed E-state index contributed by atoms with van der Waals surface area (Å²) in [5, 5.41) is 0.852. The van der Waals surface area contributed by atoms with Crippen LogP contribution in [-0.2, 0) is 6.54 Å². The second kappa shape index (κ2) is 5.97. The van der Waals surface area contributed by atoms with Gasteiger partial charge in [0.25, 0.3) is 0 Å². The zero-order valence-electron chi connectivity index (χ0n) is 9.86. The van der Waals surface area contributed by atoms with Gasteiger partial charge in [-0.2, -0.15) is 0 Å². The quantitative estimate of drug-likeness (QED) is 0.658. The molecule has 5 heteroatoms. The lowest BCUT2D eigenvalue weighted by Gasteiger charge is -2.14. The van der Waals surface area contributed by atoms with Gasteiger partial charge in [0.15, 0.2) is 6.29 Å². The molecule has 2 aromatic carbocycles. The van der Waals surface area contributed by atoms with Gasteiger partial charge in [0.05, 0.1) is 10.0 Å². The molecule has 2 aromatic rings. The zero-order valence-corrected chi connectivity index (χ0v) is 12.3. The van der Waals surface area contributed by atoms with E-state index in [1.807, 2.05) is 6.07 Å². The van der Waals surface area contributed by atoms with E-state index in [1.54, 1.807) is 24.3 Å². The summed E-state index contributed by atoms with van der Waals surface area (Å²) in [7, 11) is 0. The molecule has 0 saturated carbocycles. The minimum absolute atomic E-state index is 0.231. The number of carbonyl (C=O) groups excluding carboxylic acids is 1. The van der Waals surface area contributed by atoms with Crippen LogP contribution in [0.5, 0.6) is 0 Å². The normalized spacial score (nSPS) is 10.5. The molecule has 98 valence electrons. The van der Waals surface area contributed by atoms with E-state index in [4.69, 9.17) is 28.9 Å². The second-order valence-electron chi connectivity index (χ2n) is 3.95. The molecule has 0 heterocycles. The molecule has 0 aliphatic rings. The molecule has 2 nitrogen and oxygen atoms in total. The van der Waals surface area contributed by atoms with Gasteiger partial charge in [0.1, 0.15) is 0 Å². The summed E-state index contributed by atoms with van der Waals surface area (Å²) in [6, 6.07) is 8.81. The first-order chi connectivity index (χ1) is 9.10. The van der Waals surface area contributed by atoms with Gasteiger partial charge in [-0.05, 0) is 23.3 Å². The lowest BCUT2D eigenvalue weighted by molar-refractivity contribution is 0.112. The molecule has 0 atom stereocenters. The van der Waals surface area contributed by atoms with Crippen LogP contribution in [0, 0.1) is 0 Å². The highest BCUT2D eigenvalue weighted by Gasteiger charge is 2.15. The summed E-state index contributed by atoms with van der Waals surface area (Å²) in [6.07, 6.45) is 0.790. The van der Waals surface area contributed by atoms with E-state index in [2.05, 4.69) is 12.6 Å². The lowest BCUT2D eigenvalue weighted by atomic mass is 9.95. The number of thiol groups is 1. The van der Waals surface area contributed by atoms with Gasteiger partial charge in [-0.1, -0.05) is 41.4 Å². The van der Waals surface area contributed by atoms with Crippen LogP contribution in [-0.4, -0.2) is 6.29 Å². The Morgan fingerprint density at radius 1 is 1.21 bits per heavy atom. The predicted molar refractivity (Wildman–Crippen MR) is 82.4 cm³/mol. The highest BCUT2D eigenvalue weighted by atomic mass is 35.5. The Balaban J connectivity index is 2.79. The van der Waals surface area contributed by atoms with E-state index < -0.39 is 0 Å². The van der Waals surface area contributed by atoms with E-state index in [-0.39, 0.29) is 6.54 Å². The average molecular weight is 312 g/mol. The Hall–Kier alpha value is -1.000. The number of rotatable bonds is 3. The van der Waals surface area contributed by atoms with Crippen molar-refractivity contribution < 1.29 is 4.79 Å². The van der Waals surface area contributed by atoms with Gasteiger partial charge >= 0.3 is 0 Å². The smallest absolute Gasteiger partial charge is 0.150 e. The van der Waals surface area contributed by atoms with Gasteiger partial charge in [-0.3, -0.25) is 4.79 Å². The predicted octanol–water partition coefficient (Wildman–Crippen LogP) is 4.22. The van der Waals surface area contributed by atoms with Crippen LogP contribution < -0.4 is 5.73 Å². The van der Waals surface area contributed by atoms with Crippen molar-refractivity contribution in [3.8, 4) is 11.1 Å². The molecular formula is C14H11Cl2NOS. The zero-order chi connectivity index (χ0) is 14.0. The van der Waals surface area contributed by atoms with Crippen molar-refractivity contribution in [1.82, 2.24) is 0 Å². The number of hydrogen-bond acceptors (Lipinski definition) is 3. The summed E-state index contributed by atoms with van der Waals surface area (Å²) in [4.78, 5) is 11.9. The summed E-state index contributed by atoms with van der Waals surface area (Å²) in [5.74, 6) is 0. The molecule has 0 bridgehead atoms. The third-order valence-electron chi connectivity index (χ3n) is 2.87. The summed E-state index contributed by atoms with van der Waals surface area (Å²) in [6.45, 7) is 0.231. The molecule has 0 fully saturated rings. The molecule has 0 saturated heterocycles. The highest BCUT2D eigenvalue weighted by molar-refractivity contribution is 7.80. The monoisotopic (exact) mass is 311 g/mol. The number of benzene rings is 2. The Labute approximate surface area is 126 Å². The van der Waals surface area contributed by atoms with E-state index in [0.29, 0.717) is 26.1 Å². The molecule has 0 amide bonds. The largest absolute Gasteiger partial charge is 0.326 e. The van der Waals surface area contributed by atoms with Crippen LogP contribution >= 0.6 is 35.8 Å². The fourth-order valence-electron chi connectivity index (χ4n) is 1.98. The first kappa shape index (κ1) is 14.4. The Morgan fingerprint density at radius 2 is 1.95 bits per heavy atom. The number of carbonyl (C=O) groups is 1. The molecule has 19 heavy (non-hydrogen) atoms. The lowest BCUT2D eigenvalue weighted by Crippen LogP contribution is -2.02. The van der Waals surface area contributed by atoms with Crippen LogP contribution in [0.4, 0.5) is 0 Å². The summed E-state index contributed by atoms with van der Waals surface area (Å²) >= 11 is 16.6. The fraction of sp³-hybridized carbons (Fsp3) is 0.0714.